The number of urea groups is 1. The highest BCUT2D eigenvalue weighted by Gasteiger charge is 2.35. The molecule has 10 nitrogen and oxygen atoms in total. The minimum absolute atomic E-state index is 0.161. The number of nitrogens with zero attached hydrogens (tertiary/aromatic N) is 4. The summed E-state index contributed by atoms with van der Waals surface area (Å²) in [5.41, 5.74) is 2.73. The molecule has 1 fully saturated rings. The lowest BCUT2D eigenvalue weighted by Crippen LogP contribution is -2.36. The van der Waals surface area contributed by atoms with E-state index in [0.29, 0.717) is 44.1 Å². The van der Waals surface area contributed by atoms with Gasteiger partial charge in [0.05, 0.1) is 32.4 Å². The van der Waals surface area contributed by atoms with Crippen molar-refractivity contribution in [1.29, 1.82) is 0 Å². The summed E-state index contributed by atoms with van der Waals surface area (Å²) in [5, 5.41) is 12.9. The minimum Gasteiger partial charge on any atom is -0.497 e. The number of anilines is 1. The van der Waals surface area contributed by atoms with Gasteiger partial charge in [0.1, 0.15) is 17.3 Å². The lowest BCUT2D eigenvalue weighted by atomic mass is 10.0. The van der Waals surface area contributed by atoms with E-state index in [2.05, 4.69) is 10.3 Å². The van der Waals surface area contributed by atoms with Gasteiger partial charge in [0.15, 0.2) is 0 Å². The summed E-state index contributed by atoms with van der Waals surface area (Å²) in [6.45, 7) is 4.56. The second kappa shape index (κ2) is 13.5. The first-order chi connectivity index (χ1) is 19.0. The molecule has 2 N–H and O–H groups in total. The molecule has 4 rings (SSSR count). The van der Waals surface area contributed by atoms with E-state index in [-0.39, 0.29) is 12.5 Å². The molecule has 1 atom stereocenters. The molecule has 1 aromatic carbocycles. The van der Waals surface area contributed by atoms with Gasteiger partial charge >= 0.3 is 12.0 Å². The predicted molar refractivity (Wildman–Crippen MR) is 147 cm³/mol. The Hall–Kier alpha value is -4.34. The molecule has 2 amide bonds. The zero-order valence-electron chi connectivity index (χ0n) is 22.4. The first-order valence-electron chi connectivity index (χ1n) is 13.1. The standard InChI is InChI=1S/C29H35N5O5/c1-3-39-25-16-22(19-30-20-25)26(17-28(35)36)34-15-14-33(29(34)37)13-5-7-23-6-4-8-27(32-23)31-18-21-9-11-24(38-2)12-10-21/h4,6,8-12,16,19-20,26H,3,5,7,13-15,17-18H2,1-2H3,(H,31,32)(H,35,36). The van der Waals surface area contributed by atoms with E-state index in [4.69, 9.17) is 14.5 Å². The van der Waals surface area contributed by atoms with E-state index in [9.17, 15) is 14.7 Å². The van der Waals surface area contributed by atoms with Crippen LogP contribution in [0, 0.1) is 0 Å². The summed E-state index contributed by atoms with van der Waals surface area (Å²) >= 11 is 0. The Balaban J connectivity index is 1.31. The molecule has 3 aromatic rings. The Morgan fingerprint density at radius 2 is 1.95 bits per heavy atom. The summed E-state index contributed by atoms with van der Waals surface area (Å²) in [6, 6.07) is 14.8. The Labute approximate surface area is 228 Å². The van der Waals surface area contributed by atoms with Crippen LogP contribution >= 0.6 is 0 Å². The minimum atomic E-state index is -0.973. The number of aryl methyl sites for hydroxylation is 1. The van der Waals surface area contributed by atoms with Crippen LogP contribution in [0.1, 0.15) is 42.6 Å². The van der Waals surface area contributed by atoms with Crippen LogP contribution in [-0.2, 0) is 17.8 Å². The Morgan fingerprint density at radius 1 is 1.13 bits per heavy atom. The molecule has 39 heavy (non-hydrogen) atoms. The van der Waals surface area contributed by atoms with Crippen molar-refractivity contribution in [2.24, 2.45) is 0 Å². The van der Waals surface area contributed by atoms with Gasteiger partial charge in [-0.3, -0.25) is 9.78 Å². The second-order valence-corrected chi connectivity index (χ2v) is 9.28. The third kappa shape index (κ3) is 7.59. The largest absolute Gasteiger partial charge is 0.497 e. The number of ether oxygens (including phenoxy) is 2. The first-order valence-corrected chi connectivity index (χ1v) is 13.1. The third-order valence-electron chi connectivity index (χ3n) is 6.60. The molecule has 0 spiro atoms. The molecule has 1 unspecified atom stereocenters. The van der Waals surface area contributed by atoms with Crippen LogP contribution in [0.5, 0.6) is 11.5 Å². The van der Waals surface area contributed by atoms with Crippen molar-refractivity contribution in [2.45, 2.75) is 38.8 Å². The van der Waals surface area contributed by atoms with Crippen LogP contribution in [0.15, 0.2) is 60.9 Å². The van der Waals surface area contributed by atoms with Gasteiger partial charge < -0.3 is 29.7 Å². The van der Waals surface area contributed by atoms with Crippen LogP contribution in [0.2, 0.25) is 0 Å². The maximum atomic E-state index is 13.2. The van der Waals surface area contributed by atoms with Gasteiger partial charge in [-0.1, -0.05) is 18.2 Å². The highest BCUT2D eigenvalue weighted by atomic mass is 16.5. The molecule has 2 aromatic heterocycles. The molecular formula is C29H35N5O5. The second-order valence-electron chi connectivity index (χ2n) is 9.28. The number of carboxylic acid groups (broad SMARTS) is 1. The summed E-state index contributed by atoms with van der Waals surface area (Å²) in [7, 11) is 1.65. The fraction of sp³-hybridized carbons (Fsp3) is 0.379. The Morgan fingerprint density at radius 3 is 2.69 bits per heavy atom. The number of aromatic nitrogens is 2. The molecule has 0 aliphatic carbocycles. The van der Waals surface area contributed by atoms with Crippen molar-refractivity contribution in [2.75, 3.05) is 38.7 Å². The Bertz CT molecular complexity index is 1250. The van der Waals surface area contributed by atoms with E-state index in [1.165, 1.54) is 0 Å². The van der Waals surface area contributed by atoms with Crippen molar-refractivity contribution < 1.29 is 24.2 Å². The quantitative estimate of drug-likeness (QED) is 0.314. The highest BCUT2D eigenvalue weighted by molar-refractivity contribution is 5.78. The number of carboxylic acids is 1. The van der Waals surface area contributed by atoms with Crippen LogP contribution in [0.25, 0.3) is 0 Å². The van der Waals surface area contributed by atoms with Gasteiger partial charge in [-0.05, 0) is 61.2 Å². The normalized spacial score (nSPS) is 13.8. The van der Waals surface area contributed by atoms with E-state index in [0.717, 1.165) is 35.7 Å². The number of pyridine rings is 2. The number of amides is 2. The molecule has 1 saturated heterocycles. The van der Waals surface area contributed by atoms with E-state index in [1.54, 1.807) is 35.4 Å². The van der Waals surface area contributed by atoms with Gasteiger partial charge in [0.25, 0.3) is 0 Å². The van der Waals surface area contributed by atoms with Crippen LogP contribution in [-0.4, -0.2) is 70.2 Å². The SMILES string of the molecule is CCOc1cncc(C(CC(=O)O)N2CCN(CCCc3cccc(NCc4ccc(OC)cc4)n3)C2=O)c1. The van der Waals surface area contributed by atoms with Crippen LogP contribution in [0.4, 0.5) is 10.6 Å². The molecule has 0 saturated carbocycles. The molecule has 3 heterocycles. The van der Waals surface area contributed by atoms with E-state index < -0.39 is 12.0 Å². The molecular weight excluding hydrogens is 498 g/mol. The predicted octanol–water partition coefficient (Wildman–Crippen LogP) is 4.38. The number of hydrogen-bond acceptors (Lipinski definition) is 7. The van der Waals surface area contributed by atoms with Gasteiger partial charge in [-0.15, -0.1) is 0 Å². The lowest BCUT2D eigenvalue weighted by Gasteiger charge is -2.27. The summed E-state index contributed by atoms with van der Waals surface area (Å²) in [4.78, 5) is 37.2. The first kappa shape index (κ1) is 27.7. The fourth-order valence-corrected chi connectivity index (χ4v) is 4.64. The number of carbonyl (C=O) groups is 2. The summed E-state index contributed by atoms with van der Waals surface area (Å²) in [6.07, 6.45) is 4.46. The smallest absolute Gasteiger partial charge is 0.320 e. The number of nitrogens with one attached hydrogen (secondary N) is 1. The molecule has 0 bridgehead atoms. The van der Waals surface area contributed by atoms with Crippen LogP contribution < -0.4 is 14.8 Å². The number of methoxy groups -OCH3 is 1. The van der Waals surface area contributed by atoms with Crippen molar-refractivity contribution in [1.82, 2.24) is 19.8 Å². The number of rotatable bonds is 14. The molecule has 206 valence electrons. The highest BCUT2D eigenvalue weighted by Crippen LogP contribution is 2.30. The average molecular weight is 534 g/mol. The average Bonchev–Trinajstić information content (AvgIpc) is 3.31. The summed E-state index contributed by atoms with van der Waals surface area (Å²) < 4.78 is 10.7. The van der Waals surface area contributed by atoms with Crippen molar-refractivity contribution in [3.05, 3.63) is 77.7 Å². The van der Waals surface area contributed by atoms with Gasteiger partial charge in [0.2, 0.25) is 0 Å². The maximum absolute atomic E-state index is 13.2. The number of carbonyl (C=O) groups excluding carboxylic acids is 1. The van der Waals surface area contributed by atoms with Crippen molar-refractivity contribution >= 4 is 17.8 Å². The van der Waals surface area contributed by atoms with Gasteiger partial charge in [0, 0.05) is 38.1 Å². The molecule has 1 aliphatic rings. The fourth-order valence-electron chi connectivity index (χ4n) is 4.64. The third-order valence-corrected chi connectivity index (χ3v) is 6.60. The van der Waals surface area contributed by atoms with Crippen molar-refractivity contribution in [3.8, 4) is 11.5 Å². The number of hydrogen-bond donors (Lipinski definition) is 2. The zero-order valence-corrected chi connectivity index (χ0v) is 22.4. The van der Waals surface area contributed by atoms with Crippen molar-refractivity contribution in [3.63, 3.8) is 0 Å². The zero-order chi connectivity index (χ0) is 27.6. The Kier molecular flexibility index (Phi) is 9.55. The number of benzene rings is 1. The summed E-state index contributed by atoms with van der Waals surface area (Å²) in [5.74, 6) is 1.21. The van der Waals surface area contributed by atoms with Gasteiger partial charge in [-0.25, -0.2) is 9.78 Å². The lowest BCUT2D eigenvalue weighted by molar-refractivity contribution is -0.138. The monoisotopic (exact) mass is 533 g/mol. The van der Waals surface area contributed by atoms with E-state index in [1.807, 2.05) is 49.4 Å². The topological polar surface area (TPSA) is 117 Å². The molecule has 10 heteroatoms. The maximum Gasteiger partial charge on any atom is 0.320 e. The van der Waals surface area contributed by atoms with Gasteiger partial charge in [-0.2, -0.15) is 0 Å². The number of aliphatic carboxylic acids is 1. The van der Waals surface area contributed by atoms with E-state index >= 15 is 0 Å². The molecule has 1 aliphatic heterocycles. The molecule has 0 radical (unpaired) electrons. The van der Waals surface area contributed by atoms with Crippen LogP contribution in [0.3, 0.4) is 0 Å².